The Kier molecular flexibility index (Phi) is 4.13. The summed E-state index contributed by atoms with van der Waals surface area (Å²) in [5.74, 6) is 1.96. The van der Waals surface area contributed by atoms with Gasteiger partial charge in [-0.2, -0.15) is 4.99 Å². The highest BCUT2D eigenvalue weighted by Gasteiger charge is 2.22. The summed E-state index contributed by atoms with van der Waals surface area (Å²) >= 11 is 6.01. The molecule has 0 saturated heterocycles. The number of aromatic nitrogens is 2. The molecular weight excluding hydrogens is 314 g/mol. The molecule has 0 bridgehead atoms. The number of aromatic hydroxyl groups is 1. The number of aliphatic imine (C=N–C) groups is 1. The summed E-state index contributed by atoms with van der Waals surface area (Å²) in [6, 6.07) is 3.35. The third kappa shape index (κ3) is 2.72. The molecule has 23 heavy (non-hydrogen) atoms. The normalized spacial score (nSPS) is 13.5. The maximum atomic E-state index is 10.3. The third-order valence-corrected chi connectivity index (χ3v) is 4.09. The molecule has 5 nitrogen and oxygen atoms in total. The molecule has 3 rings (SSSR count). The van der Waals surface area contributed by atoms with Crippen molar-refractivity contribution in [3.8, 4) is 17.1 Å². The van der Waals surface area contributed by atoms with E-state index >= 15 is 0 Å². The van der Waals surface area contributed by atoms with E-state index in [1.54, 1.807) is 7.11 Å². The van der Waals surface area contributed by atoms with E-state index < -0.39 is 0 Å². The van der Waals surface area contributed by atoms with Crippen molar-refractivity contribution in [2.75, 3.05) is 7.11 Å². The van der Waals surface area contributed by atoms with E-state index in [4.69, 9.17) is 16.3 Å². The Balaban J connectivity index is 2.24. The molecule has 0 atom stereocenters. The molecule has 2 heterocycles. The van der Waals surface area contributed by atoms with E-state index in [2.05, 4.69) is 14.5 Å². The summed E-state index contributed by atoms with van der Waals surface area (Å²) in [4.78, 5) is 9.11. The Morgan fingerprint density at radius 2 is 2.17 bits per heavy atom. The van der Waals surface area contributed by atoms with Crippen molar-refractivity contribution < 1.29 is 9.84 Å². The third-order valence-electron chi connectivity index (χ3n) is 3.87. The van der Waals surface area contributed by atoms with Crippen LogP contribution in [0.1, 0.15) is 18.2 Å². The van der Waals surface area contributed by atoms with Gasteiger partial charge in [-0.05, 0) is 37.6 Å². The largest absolute Gasteiger partial charge is 0.507 e. The number of nitrogens with zero attached hydrogens (tertiary/aromatic N) is 3. The van der Waals surface area contributed by atoms with E-state index in [9.17, 15) is 5.11 Å². The number of hydrogen-bond donors (Lipinski definition) is 1. The number of rotatable bonds is 2. The van der Waals surface area contributed by atoms with Crippen LogP contribution in [-0.2, 0) is 17.7 Å². The number of aryl methyl sites for hydroxylation is 1. The van der Waals surface area contributed by atoms with Crippen LogP contribution in [0.4, 0.5) is 5.82 Å². The fourth-order valence-electron chi connectivity index (χ4n) is 2.84. The topological polar surface area (TPSA) is 59.6 Å². The minimum Gasteiger partial charge on any atom is -0.507 e. The number of imidazole rings is 1. The van der Waals surface area contributed by atoms with Gasteiger partial charge in [-0.15, -0.1) is 0 Å². The zero-order valence-electron chi connectivity index (χ0n) is 13.3. The predicted molar refractivity (Wildman–Crippen MR) is 91.7 cm³/mol. The van der Waals surface area contributed by atoms with Gasteiger partial charge < -0.3 is 14.4 Å². The summed E-state index contributed by atoms with van der Waals surface area (Å²) in [5, 5.41) is 10.9. The summed E-state index contributed by atoms with van der Waals surface area (Å²) in [7, 11) is 1.58. The zero-order valence-corrected chi connectivity index (χ0v) is 14.1. The number of benzene rings is 1. The van der Waals surface area contributed by atoms with Crippen molar-refractivity contribution in [3.63, 3.8) is 0 Å². The van der Waals surface area contributed by atoms with Crippen LogP contribution in [0.3, 0.4) is 0 Å². The van der Waals surface area contributed by atoms with E-state index in [-0.39, 0.29) is 5.75 Å². The van der Waals surface area contributed by atoms with E-state index in [0.29, 0.717) is 34.5 Å². The molecule has 1 aromatic carbocycles. The fourth-order valence-corrected chi connectivity index (χ4v) is 3.11. The lowest BCUT2D eigenvalue weighted by Crippen LogP contribution is -2.03. The summed E-state index contributed by atoms with van der Waals surface area (Å²) < 4.78 is 7.29. The van der Waals surface area contributed by atoms with Gasteiger partial charge in [0.25, 0.3) is 0 Å². The van der Waals surface area contributed by atoms with Gasteiger partial charge in [0, 0.05) is 18.0 Å². The van der Waals surface area contributed by atoms with Gasteiger partial charge in [0.2, 0.25) is 5.90 Å². The number of hydrogen-bond acceptors (Lipinski definition) is 4. The minimum atomic E-state index is 0.122. The molecule has 0 radical (unpaired) electrons. The molecule has 0 aliphatic carbocycles. The molecule has 0 saturated carbocycles. The van der Waals surface area contributed by atoms with Crippen LogP contribution in [0.2, 0.25) is 5.02 Å². The quantitative estimate of drug-likeness (QED) is 0.904. The molecule has 0 spiro atoms. The van der Waals surface area contributed by atoms with Crippen LogP contribution in [0.5, 0.6) is 5.75 Å². The number of allylic oxidation sites excluding steroid dienone is 1. The first-order chi connectivity index (χ1) is 11.0. The first-order valence-corrected chi connectivity index (χ1v) is 7.81. The number of phenolic OH excluding ortho intramolecular Hbond substituents is 1. The summed E-state index contributed by atoms with van der Waals surface area (Å²) in [5.41, 5.74) is 2.55. The summed E-state index contributed by atoms with van der Waals surface area (Å²) in [6.45, 7) is 4.68. The fraction of sp³-hybridized carbons (Fsp3) is 0.294. The van der Waals surface area contributed by atoms with Gasteiger partial charge in [-0.3, -0.25) is 0 Å². The Morgan fingerprint density at radius 1 is 1.39 bits per heavy atom. The van der Waals surface area contributed by atoms with Crippen molar-refractivity contribution >= 4 is 23.3 Å². The summed E-state index contributed by atoms with van der Waals surface area (Å²) in [6.07, 6.45) is 4.55. The van der Waals surface area contributed by atoms with Crippen molar-refractivity contribution in [2.45, 2.75) is 26.8 Å². The maximum Gasteiger partial charge on any atom is 0.214 e. The molecule has 6 heteroatoms. The second-order valence-electron chi connectivity index (χ2n) is 5.33. The first-order valence-electron chi connectivity index (χ1n) is 7.43. The standard InChI is InChI=1S/C17H18ClN3O2/c1-4-21-12-6-5-7-14(23-3)19-16(12)20-17(21)15-10(2)8-11(18)9-13(15)22/h5,7-9,22H,4,6H2,1-3H3. The zero-order chi connectivity index (χ0) is 16.6. The molecule has 120 valence electrons. The molecule has 0 amide bonds. The maximum absolute atomic E-state index is 10.3. The SMILES string of the molecule is CCn1c(-c2c(C)cc(Cl)cc2O)nc2c1CC=CC(OC)=N2. The highest BCUT2D eigenvalue weighted by Crippen LogP contribution is 2.37. The predicted octanol–water partition coefficient (Wildman–Crippen LogP) is 4.03. The number of methoxy groups -OCH3 is 1. The first kappa shape index (κ1) is 15.6. The van der Waals surface area contributed by atoms with E-state index in [1.807, 2.05) is 32.1 Å². The van der Waals surface area contributed by atoms with E-state index in [1.165, 1.54) is 6.07 Å². The molecule has 2 aromatic rings. The van der Waals surface area contributed by atoms with Gasteiger partial charge in [0.1, 0.15) is 11.6 Å². The molecule has 0 unspecified atom stereocenters. The Morgan fingerprint density at radius 3 is 2.83 bits per heavy atom. The van der Waals surface area contributed by atoms with Crippen LogP contribution in [0.25, 0.3) is 11.4 Å². The van der Waals surface area contributed by atoms with Gasteiger partial charge in [-0.25, -0.2) is 4.98 Å². The van der Waals surface area contributed by atoms with Gasteiger partial charge in [0.15, 0.2) is 5.82 Å². The van der Waals surface area contributed by atoms with E-state index in [0.717, 1.165) is 17.8 Å². The molecule has 1 aliphatic rings. The van der Waals surface area contributed by atoms with Crippen LogP contribution < -0.4 is 0 Å². The Labute approximate surface area is 139 Å². The molecule has 1 aromatic heterocycles. The smallest absolute Gasteiger partial charge is 0.214 e. The van der Waals surface area contributed by atoms with Crippen molar-refractivity contribution in [3.05, 3.63) is 40.6 Å². The highest BCUT2D eigenvalue weighted by molar-refractivity contribution is 6.31. The molecular formula is C17H18ClN3O2. The average molecular weight is 332 g/mol. The van der Waals surface area contributed by atoms with Crippen LogP contribution >= 0.6 is 11.6 Å². The Hall–Kier alpha value is -2.27. The van der Waals surface area contributed by atoms with Gasteiger partial charge >= 0.3 is 0 Å². The lowest BCUT2D eigenvalue weighted by molar-refractivity contribution is 0.407. The molecule has 0 fully saturated rings. The van der Waals surface area contributed by atoms with Crippen LogP contribution in [0, 0.1) is 6.92 Å². The van der Waals surface area contributed by atoms with Gasteiger partial charge in [0.05, 0.1) is 18.4 Å². The minimum absolute atomic E-state index is 0.122. The number of halogens is 1. The average Bonchev–Trinajstić information content (AvgIpc) is 2.69. The number of phenols is 1. The van der Waals surface area contributed by atoms with Gasteiger partial charge in [-0.1, -0.05) is 17.7 Å². The molecule has 1 N–H and O–H groups in total. The van der Waals surface area contributed by atoms with Crippen molar-refractivity contribution in [2.24, 2.45) is 4.99 Å². The van der Waals surface area contributed by atoms with Crippen LogP contribution in [-0.4, -0.2) is 27.7 Å². The number of fused-ring (bicyclic) bond motifs is 1. The second kappa shape index (κ2) is 6.08. The second-order valence-corrected chi connectivity index (χ2v) is 5.76. The number of ether oxygens (including phenoxy) is 1. The van der Waals surface area contributed by atoms with Crippen molar-refractivity contribution in [1.82, 2.24) is 9.55 Å². The Bertz CT molecular complexity index is 798. The highest BCUT2D eigenvalue weighted by atomic mass is 35.5. The van der Waals surface area contributed by atoms with Crippen LogP contribution in [0.15, 0.2) is 29.3 Å². The lowest BCUT2D eigenvalue weighted by atomic mass is 10.1. The van der Waals surface area contributed by atoms with Crippen molar-refractivity contribution in [1.29, 1.82) is 0 Å². The lowest BCUT2D eigenvalue weighted by Gasteiger charge is -2.12. The molecule has 1 aliphatic heterocycles. The monoisotopic (exact) mass is 331 g/mol.